The van der Waals surface area contributed by atoms with Crippen LogP contribution in [0.5, 0.6) is 0 Å². The number of anilines is 2. The Kier molecular flexibility index (Phi) is 6.52. The zero-order valence-electron chi connectivity index (χ0n) is 15.5. The van der Waals surface area contributed by atoms with E-state index in [1.54, 1.807) is 17.0 Å². The zero-order valence-corrected chi connectivity index (χ0v) is 16.3. The topological polar surface area (TPSA) is 105 Å². The molecule has 1 aromatic heterocycles. The number of nitrogens with zero attached hydrogens (tertiary/aromatic N) is 1. The predicted octanol–water partition coefficient (Wildman–Crippen LogP) is 1.07. The van der Waals surface area contributed by atoms with Crippen molar-refractivity contribution in [3.8, 4) is 0 Å². The summed E-state index contributed by atoms with van der Waals surface area (Å²) >= 11 is 1.49. The number of amides is 1. The lowest BCUT2D eigenvalue weighted by atomic mass is 10.1. The first-order chi connectivity index (χ1) is 13.0. The molecule has 1 saturated heterocycles. The summed E-state index contributed by atoms with van der Waals surface area (Å²) in [5.41, 5.74) is 7.00. The van der Waals surface area contributed by atoms with Crippen LogP contribution in [0.15, 0.2) is 34.2 Å². The molecule has 8 heteroatoms. The molecular formula is C19H26N5O2S+. The Bertz CT molecular complexity index is 844. The highest BCUT2D eigenvalue weighted by Crippen LogP contribution is 2.17. The van der Waals surface area contributed by atoms with Gasteiger partial charge in [0.2, 0.25) is 0 Å². The largest absolute Gasteiger partial charge is 0.382 e. The van der Waals surface area contributed by atoms with Gasteiger partial charge in [-0.3, -0.25) is 14.6 Å². The molecule has 2 aromatic rings. The average molecular weight is 389 g/mol. The van der Waals surface area contributed by atoms with Crippen LogP contribution >= 0.6 is 11.8 Å². The maximum absolute atomic E-state index is 12.3. The number of aromatic amines is 1. The van der Waals surface area contributed by atoms with Crippen LogP contribution in [0, 0.1) is 6.92 Å². The number of benzene rings is 1. The van der Waals surface area contributed by atoms with Crippen molar-refractivity contribution in [2.75, 3.05) is 36.4 Å². The number of carbonyl (C=O) groups is 1. The lowest BCUT2D eigenvalue weighted by Gasteiger charge is -2.23. The molecule has 0 unspecified atom stereocenters. The molecule has 0 spiro atoms. The van der Waals surface area contributed by atoms with Gasteiger partial charge >= 0.3 is 0 Å². The molecule has 0 radical (unpaired) electrons. The lowest BCUT2D eigenvalue weighted by Crippen LogP contribution is -3.13. The first kappa shape index (κ1) is 19.4. The average Bonchev–Trinajstić information content (AvgIpc) is 2.66. The summed E-state index contributed by atoms with van der Waals surface area (Å²) in [5.74, 6) is 0.516. The van der Waals surface area contributed by atoms with E-state index < -0.39 is 5.56 Å². The molecule has 1 aromatic carbocycles. The molecule has 1 fully saturated rings. The van der Waals surface area contributed by atoms with E-state index in [1.807, 2.05) is 19.1 Å². The first-order valence-electron chi connectivity index (χ1n) is 9.27. The van der Waals surface area contributed by atoms with E-state index >= 15 is 0 Å². The molecule has 144 valence electrons. The minimum atomic E-state index is -0.434. The highest BCUT2D eigenvalue weighted by Gasteiger charge is 2.16. The highest BCUT2D eigenvalue weighted by molar-refractivity contribution is 7.99. The molecule has 0 saturated carbocycles. The molecule has 3 rings (SSSR count). The molecule has 2 heterocycles. The van der Waals surface area contributed by atoms with Crippen molar-refractivity contribution < 1.29 is 9.69 Å². The van der Waals surface area contributed by atoms with E-state index in [0.717, 1.165) is 17.9 Å². The number of piperidine rings is 1. The highest BCUT2D eigenvalue weighted by atomic mass is 32.2. The molecule has 0 bridgehead atoms. The molecule has 1 aliphatic rings. The van der Waals surface area contributed by atoms with Crippen LogP contribution in [0.2, 0.25) is 0 Å². The Hall–Kier alpha value is -2.32. The Morgan fingerprint density at radius 2 is 1.96 bits per heavy atom. The summed E-state index contributed by atoms with van der Waals surface area (Å²) < 4.78 is 0. The van der Waals surface area contributed by atoms with Gasteiger partial charge < -0.3 is 16.0 Å². The number of carbonyl (C=O) groups excluding carboxylic acids is 1. The SMILES string of the molecule is Cc1ccc(C(=O)Nc2c(N)nc(SCC[NH+]3CCCCC3)[nH]c2=O)cc1. The number of hydrogen-bond donors (Lipinski definition) is 4. The van der Waals surface area contributed by atoms with Gasteiger partial charge in [0.15, 0.2) is 11.0 Å². The summed E-state index contributed by atoms with van der Waals surface area (Å²) in [6.45, 7) is 5.42. The smallest absolute Gasteiger partial charge is 0.277 e. The fraction of sp³-hybridized carbons (Fsp3) is 0.421. The molecule has 1 aliphatic heterocycles. The number of hydrogen-bond acceptors (Lipinski definition) is 5. The predicted molar refractivity (Wildman–Crippen MR) is 109 cm³/mol. The van der Waals surface area contributed by atoms with Crippen LogP contribution in [-0.2, 0) is 0 Å². The second-order valence-electron chi connectivity index (χ2n) is 6.86. The maximum Gasteiger partial charge on any atom is 0.277 e. The number of nitrogen functional groups attached to an aromatic ring is 1. The summed E-state index contributed by atoms with van der Waals surface area (Å²) in [6, 6.07) is 7.08. The van der Waals surface area contributed by atoms with Crippen molar-refractivity contribution in [3.05, 3.63) is 45.7 Å². The molecule has 5 N–H and O–H groups in total. The fourth-order valence-electron chi connectivity index (χ4n) is 3.14. The molecular weight excluding hydrogens is 362 g/mol. The zero-order chi connectivity index (χ0) is 19.2. The number of nitrogens with one attached hydrogen (secondary N) is 3. The van der Waals surface area contributed by atoms with E-state index in [0.29, 0.717) is 10.7 Å². The van der Waals surface area contributed by atoms with E-state index in [1.165, 1.54) is 44.1 Å². The third-order valence-corrected chi connectivity index (χ3v) is 5.61. The summed E-state index contributed by atoms with van der Waals surface area (Å²) in [4.78, 5) is 33.2. The third kappa shape index (κ3) is 5.33. The number of nitrogens with two attached hydrogens (primary N) is 1. The normalized spacial score (nSPS) is 14.9. The number of rotatable bonds is 6. The van der Waals surface area contributed by atoms with Crippen LogP contribution in [0.3, 0.4) is 0 Å². The molecule has 27 heavy (non-hydrogen) atoms. The Labute approximate surface area is 162 Å². The number of thioether (sulfide) groups is 1. The fourth-order valence-corrected chi connectivity index (χ4v) is 4.05. The minimum absolute atomic E-state index is 0.00780. The number of aromatic nitrogens is 2. The second kappa shape index (κ2) is 9.05. The van der Waals surface area contributed by atoms with Gasteiger partial charge in [0.1, 0.15) is 5.69 Å². The summed E-state index contributed by atoms with van der Waals surface area (Å²) in [6.07, 6.45) is 3.91. The van der Waals surface area contributed by atoms with E-state index in [2.05, 4.69) is 15.3 Å². The van der Waals surface area contributed by atoms with Gasteiger partial charge in [-0.15, -0.1) is 0 Å². The number of H-pyrrole nitrogens is 1. The van der Waals surface area contributed by atoms with Gasteiger partial charge in [-0.1, -0.05) is 29.5 Å². The van der Waals surface area contributed by atoms with Crippen LogP contribution in [0.4, 0.5) is 11.5 Å². The second-order valence-corrected chi connectivity index (χ2v) is 7.94. The number of likely N-dealkylation sites (tertiary alicyclic amines) is 1. The standard InChI is InChI=1S/C19H25N5O2S/c1-13-5-7-14(8-6-13)17(25)21-15-16(20)22-19(23-18(15)26)27-12-11-24-9-3-2-4-10-24/h5-8H,2-4,9-12H2,1H3,(H,21,25)(H3,20,22,23,26)/p+1. The van der Waals surface area contributed by atoms with E-state index in [9.17, 15) is 9.59 Å². The number of aryl methyl sites for hydroxylation is 1. The Morgan fingerprint density at radius 3 is 2.63 bits per heavy atom. The Morgan fingerprint density at radius 1 is 1.26 bits per heavy atom. The van der Waals surface area contributed by atoms with Gasteiger partial charge in [-0.25, -0.2) is 4.98 Å². The van der Waals surface area contributed by atoms with Gasteiger partial charge in [-0.2, -0.15) is 0 Å². The van der Waals surface area contributed by atoms with Gasteiger partial charge in [0, 0.05) is 5.56 Å². The molecule has 1 amide bonds. The van der Waals surface area contributed by atoms with Crippen molar-refractivity contribution in [2.45, 2.75) is 31.3 Å². The van der Waals surface area contributed by atoms with Crippen molar-refractivity contribution in [2.24, 2.45) is 0 Å². The van der Waals surface area contributed by atoms with Crippen LogP contribution in [0.1, 0.15) is 35.2 Å². The molecule has 0 aliphatic carbocycles. The van der Waals surface area contributed by atoms with Crippen LogP contribution < -0.4 is 21.5 Å². The van der Waals surface area contributed by atoms with Crippen molar-refractivity contribution in [3.63, 3.8) is 0 Å². The third-order valence-electron chi connectivity index (χ3n) is 4.73. The van der Waals surface area contributed by atoms with E-state index in [4.69, 9.17) is 5.73 Å². The van der Waals surface area contributed by atoms with Crippen molar-refractivity contribution in [1.29, 1.82) is 0 Å². The molecule has 0 atom stereocenters. The monoisotopic (exact) mass is 388 g/mol. The van der Waals surface area contributed by atoms with Gasteiger partial charge in [0.05, 0.1) is 25.4 Å². The lowest BCUT2D eigenvalue weighted by molar-refractivity contribution is -0.902. The van der Waals surface area contributed by atoms with Gasteiger partial charge in [0.25, 0.3) is 11.5 Å². The van der Waals surface area contributed by atoms with Crippen molar-refractivity contribution in [1.82, 2.24) is 9.97 Å². The maximum atomic E-state index is 12.3. The number of quaternary nitrogens is 1. The van der Waals surface area contributed by atoms with Crippen molar-refractivity contribution >= 4 is 29.2 Å². The quantitative estimate of drug-likeness (QED) is 0.438. The van der Waals surface area contributed by atoms with Crippen LogP contribution in [0.25, 0.3) is 0 Å². The minimum Gasteiger partial charge on any atom is -0.382 e. The van der Waals surface area contributed by atoms with E-state index in [-0.39, 0.29) is 17.4 Å². The van der Waals surface area contributed by atoms with Crippen LogP contribution in [-0.4, -0.2) is 41.3 Å². The van der Waals surface area contributed by atoms with Gasteiger partial charge in [-0.05, 0) is 38.3 Å². The summed E-state index contributed by atoms with van der Waals surface area (Å²) in [7, 11) is 0. The first-order valence-corrected chi connectivity index (χ1v) is 10.3. The molecule has 7 nitrogen and oxygen atoms in total. The Balaban J connectivity index is 1.61. The summed E-state index contributed by atoms with van der Waals surface area (Å²) in [5, 5.41) is 3.05.